The van der Waals surface area contributed by atoms with E-state index in [1.165, 1.54) is 4.88 Å². The van der Waals surface area contributed by atoms with Gasteiger partial charge in [-0.05, 0) is 68.1 Å². The van der Waals surface area contributed by atoms with Crippen LogP contribution in [-0.2, 0) is 12.8 Å². The van der Waals surface area contributed by atoms with Crippen molar-refractivity contribution < 1.29 is 9.53 Å². The van der Waals surface area contributed by atoms with Gasteiger partial charge in [-0.3, -0.25) is 9.59 Å². The Kier molecular flexibility index (Phi) is 4.97. The van der Waals surface area contributed by atoms with Crippen molar-refractivity contribution in [3.8, 4) is 5.75 Å². The lowest BCUT2D eigenvalue weighted by atomic mass is 9.97. The van der Waals surface area contributed by atoms with Crippen LogP contribution in [0.15, 0.2) is 29.1 Å². The first-order valence-corrected chi connectivity index (χ1v) is 10.4. The second-order valence-electron chi connectivity index (χ2n) is 6.67. The molecule has 0 spiro atoms. The van der Waals surface area contributed by atoms with Gasteiger partial charge in [-0.2, -0.15) is 0 Å². The number of carbonyl (C=O) groups is 1. The third-order valence-corrected chi connectivity index (χ3v) is 6.26. The molecular formula is C20H20N2O3S2. The molecule has 5 nitrogen and oxygen atoms in total. The van der Waals surface area contributed by atoms with Gasteiger partial charge in [-0.1, -0.05) is 13.0 Å². The van der Waals surface area contributed by atoms with Crippen LogP contribution in [0.5, 0.6) is 5.75 Å². The lowest BCUT2D eigenvalue weighted by molar-refractivity contribution is 0.0953. The molecule has 140 valence electrons. The summed E-state index contributed by atoms with van der Waals surface area (Å²) < 4.78 is 6.82. The molecule has 1 aliphatic carbocycles. The fourth-order valence-corrected chi connectivity index (χ4v) is 5.10. The molecule has 0 fully saturated rings. The number of H-pyrrole nitrogens is 1. The maximum absolute atomic E-state index is 13.2. The van der Waals surface area contributed by atoms with Gasteiger partial charge in [-0.15, -0.1) is 11.3 Å². The molecule has 0 saturated carbocycles. The number of aromatic amines is 1. The van der Waals surface area contributed by atoms with Gasteiger partial charge in [0.2, 0.25) is 0 Å². The van der Waals surface area contributed by atoms with Crippen LogP contribution in [0.4, 0.5) is 0 Å². The fraction of sp³-hybridized carbons (Fsp3) is 0.350. The third kappa shape index (κ3) is 3.26. The lowest BCUT2D eigenvalue weighted by Gasteiger charge is -2.11. The van der Waals surface area contributed by atoms with Crippen molar-refractivity contribution >= 4 is 39.7 Å². The number of rotatable bonds is 4. The van der Waals surface area contributed by atoms with E-state index in [4.69, 9.17) is 17.0 Å². The van der Waals surface area contributed by atoms with Crippen LogP contribution < -0.4 is 10.3 Å². The molecule has 1 aromatic carbocycles. The van der Waals surface area contributed by atoms with Crippen molar-refractivity contribution in [3.05, 3.63) is 55.4 Å². The Bertz CT molecular complexity index is 1140. The maximum atomic E-state index is 13.2. The van der Waals surface area contributed by atoms with Gasteiger partial charge in [-0.25, -0.2) is 4.57 Å². The average molecular weight is 401 g/mol. The number of hydrogen-bond donors (Lipinski definition) is 1. The Hall–Kier alpha value is -2.25. The predicted molar refractivity (Wildman–Crippen MR) is 110 cm³/mol. The summed E-state index contributed by atoms with van der Waals surface area (Å²) in [6.45, 7) is 2.59. The molecule has 27 heavy (non-hydrogen) atoms. The first-order chi connectivity index (χ1) is 13.1. The number of nitrogens with zero attached hydrogens (tertiary/aromatic N) is 1. The maximum Gasteiger partial charge on any atom is 0.270 e. The highest BCUT2D eigenvalue weighted by Crippen LogP contribution is 2.33. The number of aryl methyl sites for hydroxylation is 2. The van der Waals surface area contributed by atoms with Gasteiger partial charge >= 0.3 is 0 Å². The second kappa shape index (κ2) is 7.40. The smallest absolute Gasteiger partial charge is 0.270 e. The Morgan fingerprint density at radius 3 is 2.96 bits per heavy atom. The highest BCUT2D eigenvalue weighted by molar-refractivity contribution is 7.71. The molecular weight excluding hydrogens is 380 g/mol. The summed E-state index contributed by atoms with van der Waals surface area (Å²) >= 11 is 6.94. The minimum atomic E-state index is -0.430. The Labute approximate surface area is 165 Å². The summed E-state index contributed by atoms with van der Waals surface area (Å²) in [7, 11) is 0. The first kappa shape index (κ1) is 18.1. The topological polar surface area (TPSA) is 64.1 Å². The summed E-state index contributed by atoms with van der Waals surface area (Å²) in [5, 5.41) is 0.620. The van der Waals surface area contributed by atoms with E-state index in [1.54, 1.807) is 35.6 Å². The lowest BCUT2D eigenvalue weighted by Crippen LogP contribution is -2.29. The third-order valence-electron chi connectivity index (χ3n) is 4.77. The molecule has 0 bridgehead atoms. The predicted octanol–water partition coefficient (Wildman–Crippen LogP) is 4.48. The molecule has 0 amide bonds. The van der Waals surface area contributed by atoms with Crippen LogP contribution in [0.25, 0.3) is 10.2 Å². The van der Waals surface area contributed by atoms with Crippen LogP contribution in [0.2, 0.25) is 0 Å². The summed E-state index contributed by atoms with van der Waals surface area (Å²) in [6.07, 6.45) is 4.95. The number of thiophene rings is 1. The van der Waals surface area contributed by atoms with E-state index in [2.05, 4.69) is 4.98 Å². The first-order valence-electron chi connectivity index (χ1n) is 9.17. The highest BCUT2D eigenvalue weighted by atomic mass is 32.1. The molecule has 4 rings (SSSR count). The number of hydrogen-bond acceptors (Lipinski definition) is 5. The zero-order valence-electron chi connectivity index (χ0n) is 15.0. The molecule has 0 saturated heterocycles. The minimum Gasteiger partial charge on any atom is -0.494 e. The van der Waals surface area contributed by atoms with Gasteiger partial charge in [0.25, 0.3) is 11.5 Å². The molecule has 0 aliphatic heterocycles. The monoisotopic (exact) mass is 400 g/mol. The van der Waals surface area contributed by atoms with Crippen LogP contribution >= 0.6 is 23.6 Å². The van der Waals surface area contributed by atoms with E-state index in [1.807, 2.05) is 6.92 Å². The largest absolute Gasteiger partial charge is 0.494 e. The SMILES string of the molecule is CCCOc1cccc(C(=O)n2c(=S)[nH]c3sc4c(c3c2=O)CCCC4)c1. The number of ether oxygens (including phenoxy) is 1. The average Bonchev–Trinajstić information content (AvgIpc) is 3.04. The van der Waals surface area contributed by atoms with E-state index in [9.17, 15) is 9.59 Å². The number of fused-ring (bicyclic) bond motifs is 3. The summed E-state index contributed by atoms with van der Waals surface area (Å²) in [4.78, 5) is 31.4. The molecule has 2 heterocycles. The van der Waals surface area contributed by atoms with Gasteiger partial charge in [0.05, 0.1) is 12.0 Å². The standard InChI is InChI=1S/C20H20N2O3S2/c1-2-10-25-13-7-5-6-12(11-13)18(23)22-19(24)16-14-8-3-4-9-15(14)27-17(16)21-20(22)26/h5-7,11H,2-4,8-10H2,1H3,(H,21,26). The molecule has 1 N–H and O–H groups in total. The number of benzene rings is 1. The molecule has 7 heteroatoms. The number of nitrogens with one attached hydrogen (secondary N) is 1. The number of carbonyl (C=O) groups excluding carboxylic acids is 1. The van der Waals surface area contributed by atoms with Crippen molar-refractivity contribution in [3.63, 3.8) is 0 Å². The zero-order chi connectivity index (χ0) is 19.0. The van der Waals surface area contributed by atoms with Crippen molar-refractivity contribution in [2.75, 3.05) is 6.61 Å². The summed E-state index contributed by atoms with van der Waals surface area (Å²) in [5.41, 5.74) is 1.14. The molecule has 0 radical (unpaired) electrons. The molecule has 0 atom stereocenters. The van der Waals surface area contributed by atoms with E-state index >= 15 is 0 Å². The van der Waals surface area contributed by atoms with Crippen LogP contribution in [-0.4, -0.2) is 22.1 Å². The van der Waals surface area contributed by atoms with Crippen molar-refractivity contribution in [1.29, 1.82) is 0 Å². The quantitative estimate of drug-likeness (QED) is 0.656. The van der Waals surface area contributed by atoms with Crippen molar-refractivity contribution in [2.45, 2.75) is 39.0 Å². The number of aromatic nitrogens is 2. The Morgan fingerprint density at radius 1 is 1.33 bits per heavy atom. The van der Waals surface area contributed by atoms with E-state index in [-0.39, 0.29) is 10.3 Å². The second-order valence-corrected chi connectivity index (χ2v) is 8.16. The van der Waals surface area contributed by atoms with Crippen LogP contribution in [0, 0.1) is 4.77 Å². The molecule has 0 unspecified atom stereocenters. The van der Waals surface area contributed by atoms with Gasteiger partial charge in [0, 0.05) is 10.4 Å². The normalized spacial score (nSPS) is 13.5. The minimum absolute atomic E-state index is 0.135. The summed E-state index contributed by atoms with van der Waals surface area (Å²) in [5.74, 6) is 0.181. The van der Waals surface area contributed by atoms with Gasteiger partial charge < -0.3 is 9.72 Å². The molecule has 2 aromatic heterocycles. The van der Waals surface area contributed by atoms with E-state index < -0.39 is 5.91 Å². The molecule has 1 aliphatic rings. The van der Waals surface area contributed by atoms with E-state index in [0.717, 1.165) is 47.1 Å². The van der Waals surface area contributed by atoms with Crippen LogP contribution in [0.3, 0.4) is 0 Å². The van der Waals surface area contributed by atoms with Gasteiger partial charge in [0.15, 0.2) is 4.77 Å². The van der Waals surface area contributed by atoms with Crippen molar-refractivity contribution in [1.82, 2.24) is 9.55 Å². The Balaban J connectivity index is 1.83. The molecule has 3 aromatic rings. The Morgan fingerprint density at radius 2 is 2.15 bits per heavy atom. The van der Waals surface area contributed by atoms with Crippen LogP contribution in [0.1, 0.15) is 47.0 Å². The highest BCUT2D eigenvalue weighted by Gasteiger charge is 2.22. The van der Waals surface area contributed by atoms with E-state index in [0.29, 0.717) is 23.3 Å². The van der Waals surface area contributed by atoms with Crippen molar-refractivity contribution in [2.24, 2.45) is 0 Å². The van der Waals surface area contributed by atoms with Gasteiger partial charge in [0.1, 0.15) is 10.6 Å². The fourth-order valence-electron chi connectivity index (χ4n) is 3.49. The summed E-state index contributed by atoms with van der Waals surface area (Å²) in [6, 6.07) is 6.89. The zero-order valence-corrected chi connectivity index (χ0v) is 16.7.